The van der Waals surface area contributed by atoms with Crippen LogP contribution in [0.2, 0.25) is 0 Å². The first-order valence-electron chi connectivity index (χ1n) is 5.73. The Bertz CT molecular complexity index is 730. The summed E-state index contributed by atoms with van der Waals surface area (Å²) in [7, 11) is 0. The molecule has 2 heterocycles. The van der Waals surface area contributed by atoms with Gasteiger partial charge in [0.2, 0.25) is 0 Å². The number of nitrogens with two attached hydrogens (primary N) is 1. The van der Waals surface area contributed by atoms with Crippen molar-refractivity contribution >= 4 is 28.1 Å². The lowest BCUT2D eigenvalue weighted by Gasteiger charge is -2.04. The molecule has 0 radical (unpaired) electrons. The van der Waals surface area contributed by atoms with Gasteiger partial charge in [-0.1, -0.05) is 17.3 Å². The Balaban J connectivity index is 2.05. The third-order valence-electron chi connectivity index (χ3n) is 2.97. The molecule has 1 aromatic carbocycles. The van der Waals surface area contributed by atoms with Gasteiger partial charge in [-0.3, -0.25) is 0 Å². The van der Waals surface area contributed by atoms with E-state index in [0.29, 0.717) is 5.56 Å². The highest BCUT2D eigenvalue weighted by Crippen LogP contribution is 2.19. The Morgan fingerprint density at radius 2 is 2.32 bits per heavy atom. The number of nitrogens with zero attached hydrogens (tertiary/aromatic N) is 3. The predicted molar refractivity (Wildman–Crippen MR) is 75.7 cm³/mol. The molecule has 0 aliphatic rings. The van der Waals surface area contributed by atoms with Crippen LogP contribution in [-0.4, -0.2) is 20.6 Å². The second kappa shape index (κ2) is 4.74. The summed E-state index contributed by atoms with van der Waals surface area (Å²) in [5.74, 6) is 0.115. The molecular weight excluding hydrogens is 260 g/mol. The molecule has 0 unspecified atom stereocenters. The molecule has 0 fully saturated rings. The molecule has 19 heavy (non-hydrogen) atoms. The van der Waals surface area contributed by atoms with E-state index in [1.165, 1.54) is 0 Å². The molecular formula is C13H12N4OS. The standard InChI is InChI=1S/C13H12N4OS/c14-13(16-18)10-2-1-9-3-5-17(11(9)7-10)8-12-15-4-6-19-12/h1-7,18H,8H2,(H2,14,16). The Kier molecular flexibility index (Phi) is 2.92. The SMILES string of the molecule is N/C(=N/O)c1ccc2ccn(Cc3nccs3)c2c1. The van der Waals surface area contributed by atoms with E-state index in [-0.39, 0.29) is 5.84 Å². The Morgan fingerprint density at radius 3 is 3.05 bits per heavy atom. The number of fused-ring (bicyclic) bond motifs is 1. The Morgan fingerprint density at radius 1 is 1.42 bits per heavy atom. The van der Waals surface area contributed by atoms with Crippen LogP contribution in [0.1, 0.15) is 10.6 Å². The van der Waals surface area contributed by atoms with Gasteiger partial charge in [0.05, 0.1) is 6.54 Å². The molecule has 0 atom stereocenters. The number of aromatic nitrogens is 2. The normalized spacial score (nSPS) is 12.1. The largest absolute Gasteiger partial charge is 0.409 e. The summed E-state index contributed by atoms with van der Waals surface area (Å²) in [5.41, 5.74) is 7.36. The predicted octanol–water partition coefficient (Wildman–Crippen LogP) is 2.24. The molecule has 0 aliphatic carbocycles. The summed E-state index contributed by atoms with van der Waals surface area (Å²) in [4.78, 5) is 4.28. The van der Waals surface area contributed by atoms with Crippen molar-refractivity contribution in [3.05, 3.63) is 52.6 Å². The topological polar surface area (TPSA) is 76.4 Å². The first-order chi connectivity index (χ1) is 9.28. The quantitative estimate of drug-likeness (QED) is 0.332. The van der Waals surface area contributed by atoms with Gasteiger partial charge in [-0.2, -0.15) is 0 Å². The maximum atomic E-state index is 8.74. The lowest BCUT2D eigenvalue weighted by Crippen LogP contribution is -2.13. The number of rotatable bonds is 3. The van der Waals surface area contributed by atoms with Crippen molar-refractivity contribution in [2.75, 3.05) is 0 Å². The number of benzene rings is 1. The number of amidine groups is 1. The van der Waals surface area contributed by atoms with Crippen LogP contribution in [-0.2, 0) is 6.54 Å². The summed E-state index contributed by atoms with van der Waals surface area (Å²) in [5, 5.41) is 15.9. The van der Waals surface area contributed by atoms with Gasteiger partial charge in [0.15, 0.2) is 5.84 Å². The number of oxime groups is 1. The minimum absolute atomic E-state index is 0.115. The smallest absolute Gasteiger partial charge is 0.170 e. The van der Waals surface area contributed by atoms with E-state index in [9.17, 15) is 0 Å². The highest BCUT2D eigenvalue weighted by atomic mass is 32.1. The fourth-order valence-electron chi connectivity index (χ4n) is 2.02. The Labute approximate surface area is 113 Å². The van der Waals surface area contributed by atoms with Gasteiger partial charge >= 0.3 is 0 Å². The molecule has 6 heteroatoms. The van der Waals surface area contributed by atoms with Crippen molar-refractivity contribution in [1.82, 2.24) is 9.55 Å². The summed E-state index contributed by atoms with van der Waals surface area (Å²) < 4.78 is 2.10. The second-order valence-corrected chi connectivity index (χ2v) is 5.11. The molecule has 0 bridgehead atoms. The van der Waals surface area contributed by atoms with E-state index < -0.39 is 0 Å². The van der Waals surface area contributed by atoms with Gasteiger partial charge in [0, 0.05) is 28.9 Å². The van der Waals surface area contributed by atoms with Crippen molar-refractivity contribution in [1.29, 1.82) is 0 Å². The van der Waals surface area contributed by atoms with Crippen LogP contribution < -0.4 is 5.73 Å². The maximum absolute atomic E-state index is 8.74. The molecule has 3 aromatic rings. The van der Waals surface area contributed by atoms with Crippen molar-refractivity contribution < 1.29 is 5.21 Å². The van der Waals surface area contributed by atoms with Crippen LogP contribution in [0.4, 0.5) is 0 Å². The van der Waals surface area contributed by atoms with Crippen LogP contribution in [0, 0.1) is 0 Å². The van der Waals surface area contributed by atoms with E-state index in [1.54, 1.807) is 17.5 Å². The lowest BCUT2D eigenvalue weighted by atomic mass is 10.1. The first kappa shape index (κ1) is 11.7. The average molecular weight is 272 g/mol. The number of hydrogen-bond donors (Lipinski definition) is 2. The monoisotopic (exact) mass is 272 g/mol. The molecule has 0 aliphatic heterocycles. The molecule has 3 rings (SSSR count). The third-order valence-corrected chi connectivity index (χ3v) is 3.73. The van der Waals surface area contributed by atoms with Crippen LogP contribution in [0.3, 0.4) is 0 Å². The third kappa shape index (κ3) is 2.17. The van der Waals surface area contributed by atoms with Crippen LogP contribution in [0.5, 0.6) is 0 Å². The second-order valence-electron chi connectivity index (χ2n) is 4.13. The summed E-state index contributed by atoms with van der Waals surface area (Å²) >= 11 is 1.62. The average Bonchev–Trinajstić information content (AvgIpc) is 3.08. The van der Waals surface area contributed by atoms with E-state index in [2.05, 4.69) is 14.7 Å². The van der Waals surface area contributed by atoms with Crippen molar-refractivity contribution in [3.63, 3.8) is 0 Å². The van der Waals surface area contributed by atoms with Gasteiger partial charge in [-0.15, -0.1) is 11.3 Å². The zero-order chi connectivity index (χ0) is 13.2. The lowest BCUT2D eigenvalue weighted by molar-refractivity contribution is 0.318. The van der Waals surface area contributed by atoms with E-state index in [1.807, 2.05) is 35.8 Å². The van der Waals surface area contributed by atoms with Crippen molar-refractivity contribution in [2.24, 2.45) is 10.9 Å². The number of thiazole rings is 1. The highest BCUT2D eigenvalue weighted by molar-refractivity contribution is 7.09. The van der Waals surface area contributed by atoms with Crippen molar-refractivity contribution in [3.8, 4) is 0 Å². The molecule has 96 valence electrons. The highest BCUT2D eigenvalue weighted by Gasteiger charge is 2.06. The van der Waals surface area contributed by atoms with Gasteiger partial charge in [-0.05, 0) is 17.5 Å². The molecule has 0 amide bonds. The molecule has 0 spiro atoms. The zero-order valence-corrected chi connectivity index (χ0v) is 10.8. The van der Waals surface area contributed by atoms with E-state index >= 15 is 0 Å². The van der Waals surface area contributed by atoms with E-state index in [0.717, 1.165) is 22.5 Å². The summed E-state index contributed by atoms with van der Waals surface area (Å²) in [6.07, 6.45) is 3.82. The fraction of sp³-hybridized carbons (Fsp3) is 0.0769. The number of hydrogen-bond acceptors (Lipinski definition) is 4. The maximum Gasteiger partial charge on any atom is 0.170 e. The molecule has 0 saturated heterocycles. The molecule has 2 aromatic heterocycles. The van der Waals surface area contributed by atoms with E-state index in [4.69, 9.17) is 10.9 Å². The first-order valence-corrected chi connectivity index (χ1v) is 6.61. The summed E-state index contributed by atoms with van der Waals surface area (Å²) in [6.45, 7) is 0.723. The fourth-order valence-corrected chi connectivity index (χ4v) is 2.63. The Hall–Kier alpha value is -2.34. The molecule has 3 N–H and O–H groups in total. The van der Waals surface area contributed by atoms with Crippen LogP contribution in [0.15, 0.2) is 47.2 Å². The van der Waals surface area contributed by atoms with Crippen LogP contribution >= 0.6 is 11.3 Å². The zero-order valence-electron chi connectivity index (χ0n) is 10.0. The van der Waals surface area contributed by atoms with Gasteiger partial charge in [-0.25, -0.2) is 4.98 Å². The summed E-state index contributed by atoms with van der Waals surface area (Å²) in [6, 6.07) is 7.75. The minimum atomic E-state index is 0.115. The van der Waals surface area contributed by atoms with Crippen molar-refractivity contribution in [2.45, 2.75) is 6.54 Å². The molecule has 0 saturated carbocycles. The van der Waals surface area contributed by atoms with Gasteiger partial charge < -0.3 is 15.5 Å². The van der Waals surface area contributed by atoms with Crippen LogP contribution in [0.25, 0.3) is 10.9 Å². The van der Waals surface area contributed by atoms with Gasteiger partial charge in [0.25, 0.3) is 0 Å². The minimum Gasteiger partial charge on any atom is -0.409 e. The van der Waals surface area contributed by atoms with Gasteiger partial charge in [0.1, 0.15) is 5.01 Å². The molecule has 5 nitrogen and oxygen atoms in total.